The molecule has 0 spiro atoms. The van der Waals surface area contributed by atoms with Gasteiger partial charge in [-0.15, -0.1) is 0 Å². The molecule has 0 aliphatic carbocycles. The summed E-state index contributed by atoms with van der Waals surface area (Å²) in [7, 11) is 0. The van der Waals surface area contributed by atoms with Gasteiger partial charge >= 0.3 is 18.4 Å². The van der Waals surface area contributed by atoms with E-state index in [4.69, 9.17) is 4.74 Å². The van der Waals surface area contributed by atoms with Gasteiger partial charge in [0, 0.05) is 20.0 Å². The van der Waals surface area contributed by atoms with Crippen molar-refractivity contribution in [3.63, 3.8) is 0 Å². The fraction of sp³-hybridized carbons (Fsp3) is 0.462. The Labute approximate surface area is 211 Å². The zero-order valence-electron chi connectivity index (χ0n) is 20.8. The van der Waals surface area contributed by atoms with E-state index in [-0.39, 0.29) is 24.3 Å². The Kier molecular flexibility index (Phi) is 8.14. The third-order valence-corrected chi connectivity index (χ3v) is 6.03. The van der Waals surface area contributed by atoms with Gasteiger partial charge in [0.1, 0.15) is 0 Å². The molecule has 2 aromatic rings. The number of carbonyl (C=O) groups excluding carboxylic acids is 2. The van der Waals surface area contributed by atoms with Crippen LogP contribution >= 0.6 is 0 Å². The Hall–Kier alpha value is -3.24. The highest BCUT2D eigenvalue weighted by Crippen LogP contribution is 2.40. The first-order valence-electron chi connectivity index (χ1n) is 11.7. The van der Waals surface area contributed by atoms with Crippen molar-refractivity contribution in [2.45, 2.75) is 71.6 Å². The van der Waals surface area contributed by atoms with Crippen molar-refractivity contribution in [1.82, 2.24) is 4.90 Å². The third kappa shape index (κ3) is 6.75. The van der Waals surface area contributed by atoms with Crippen molar-refractivity contribution < 1.29 is 40.7 Å². The van der Waals surface area contributed by atoms with Gasteiger partial charge in [-0.3, -0.25) is 9.69 Å². The van der Waals surface area contributed by atoms with Crippen molar-refractivity contribution in [2.75, 3.05) is 11.4 Å². The van der Waals surface area contributed by atoms with E-state index in [9.17, 15) is 35.9 Å². The lowest BCUT2D eigenvalue weighted by molar-refractivity contribution is -0.143. The van der Waals surface area contributed by atoms with Crippen LogP contribution in [0.5, 0.6) is 0 Å². The van der Waals surface area contributed by atoms with E-state index in [1.807, 2.05) is 0 Å². The Morgan fingerprint density at radius 2 is 1.62 bits per heavy atom. The average molecular weight is 531 g/mol. The first kappa shape index (κ1) is 28.3. The molecule has 2 aromatic carbocycles. The van der Waals surface area contributed by atoms with Crippen molar-refractivity contribution in [3.8, 4) is 0 Å². The summed E-state index contributed by atoms with van der Waals surface area (Å²) in [6.45, 7) is 6.22. The molecule has 3 rings (SSSR count). The Bertz CT molecular complexity index is 1130. The minimum atomic E-state index is -5.00. The van der Waals surface area contributed by atoms with Crippen LogP contribution in [-0.4, -0.2) is 29.5 Å². The summed E-state index contributed by atoms with van der Waals surface area (Å²) in [6.07, 6.45) is -10.2. The van der Waals surface area contributed by atoms with Crippen LogP contribution in [0.3, 0.4) is 0 Å². The fourth-order valence-corrected chi connectivity index (χ4v) is 4.43. The second kappa shape index (κ2) is 10.6. The molecule has 1 atom stereocenters. The van der Waals surface area contributed by atoms with Crippen molar-refractivity contribution in [1.29, 1.82) is 0 Å². The summed E-state index contributed by atoms with van der Waals surface area (Å²) in [5.41, 5.74) is -1.33. The Balaban J connectivity index is 2.08. The molecule has 5 nitrogen and oxygen atoms in total. The molecule has 1 aliphatic rings. The minimum Gasteiger partial charge on any atom is -0.446 e. The lowest BCUT2D eigenvalue weighted by atomic mass is 9.96. The number of alkyl halides is 6. The molecule has 1 heterocycles. The second-order valence-corrected chi connectivity index (χ2v) is 9.37. The molecule has 0 bridgehead atoms. The van der Waals surface area contributed by atoms with Gasteiger partial charge in [0.25, 0.3) is 0 Å². The molecule has 0 saturated heterocycles. The number of amides is 2. The number of nitrogens with zero attached hydrogens (tertiary/aromatic N) is 2. The minimum absolute atomic E-state index is 0.0597. The molecule has 0 N–H and O–H groups in total. The monoisotopic (exact) mass is 530 g/mol. The van der Waals surface area contributed by atoms with E-state index in [0.717, 1.165) is 5.56 Å². The first-order chi connectivity index (χ1) is 17.1. The first-order valence-corrected chi connectivity index (χ1v) is 11.7. The quantitative estimate of drug-likeness (QED) is 0.391. The molecule has 0 fully saturated rings. The van der Waals surface area contributed by atoms with Crippen LogP contribution in [0, 0.1) is 6.92 Å². The van der Waals surface area contributed by atoms with Gasteiger partial charge in [0.15, 0.2) is 0 Å². The highest BCUT2D eigenvalue weighted by molar-refractivity contribution is 5.89. The van der Waals surface area contributed by atoms with Crippen LogP contribution in [-0.2, 0) is 28.4 Å². The van der Waals surface area contributed by atoms with E-state index in [2.05, 4.69) is 0 Å². The number of ether oxygens (including phenoxy) is 1. The maximum absolute atomic E-state index is 13.4. The third-order valence-electron chi connectivity index (χ3n) is 6.03. The van der Waals surface area contributed by atoms with E-state index >= 15 is 0 Å². The number of aryl methyl sites for hydroxylation is 1. The van der Waals surface area contributed by atoms with Crippen molar-refractivity contribution in [3.05, 3.63) is 64.2 Å². The smallest absolute Gasteiger partial charge is 0.416 e. The van der Waals surface area contributed by atoms with E-state index in [1.54, 1.807) is 39.0 Å². The van der Waals surface area contributed by atoms with E-state index in [0.29, 0.717) is 36.2 Å². The zero-order chi connectivity index (χ0) is 27.7. The molecule has 1 aliphatic heterocycles. The van der Waals surface area contributed by atoms with Crippen molar-refractivity contribution >= 4 is 17.7 Å². The highest BCUT2D eigenvalue weighted by atomic mass is 19.4. The molecule has 0 radical (unpaired) electrons. The van der Waals surface area contributed by atoms with Gasteiger partial charge in [0.2, 0.25) is 5.91 Å². The number of benzene rings is 2. The molecule has 37 heavy (non-hydrogen) atoms. The molecule has 1 unspecified atom stereocenters. The molecule has 11 heteroatoms. The summed E-state index contributed by atoms with van der Waals surface area (Å²) in [4.78, 5) is 28.2. The molecule has 202 valence electrons. The predicted octanol–water partition coefficient (Wildman–Crippen LogP) is 7.27. The van der Waals surface area contributed by atoms with Crippen LogP contribution in [0.2, 0.25) is 0 Å². The number of anilines is 1. The standard InChI is InChI=1S/C26H28F6N2O3/c1-15(2)37-24(36)33-9-5-6-22(21-10-16(3)7-8-23(21)33)34(17(4)35)14-18-11-19(25(27,28)29)13-20(12-18)26(30,31)32/h7-8,10-13,15,22H,5-6,9,14H2,1-4H3. The van der Waals surface area contributed by atoms with Gasteiger partial charge in [-0.05, 0) is 69.0 Å². The van der Waals surface area contributed by atoms with E-state index < -0.39 is 48.1 Å². The van der Waals surface area contributed by atoms with E-state index in [1.165, 1.54) is 16.7 Å². The average Bonchev–Trinajstić information content (AvgIpc) is 2.94. The maximum Gasteiger partial charge on any atom is 0.416 e. The number of carbonyl (C=O) groups is 2. The lowest BCUT2D eigenvalue weighted by Gasteiger charge is -2.33. The Morgan fingerprint density at radius 1 is 1.03 bits per heavy atom. The topological polar surface area (TPSA) is 49.9 Å². The fourth-order valence-electron chi connectivity index (χ4n) is 4.43. The number of hydrogen-bond acceptors (Lipinski definition) is 3. The predicted molar refractivity (Wildman–Crippen MR) is 125 cm³/mol. The van der Waals surface area contributed by atoms with Crippen molar-refractivity contribution in [2.24, 2.45) is 0 Å². The molecular formula is C26H28F6N2O3. The number of hydrogen-bond donors (Lipinski definition) is 0. The SMILES string of the molecule is CC(=O)N(Cc1cc(C(F)(F)F)cc(C(F)(F)F)c1)C1CCCN(C(=O)OC(C)C)c2ccc(C)cc21. The van der Waals surface area contributed by atoms with Crippen LogP contribution in [0.25, 0.3) is 0 Å². The molecule has 0 saturated carbocycles. The summed E-state index contributed by atoms with van der Waals surface area (Å²) >= 11 is 0. The molecule has 2 amide bonds. The number of fused-ring (bicyclic) bond motifs is 1. The summed E-state index contributed by atoms with van der Waals surface area (Å²) in [5.74, 6) is -0.526. The van der Waals surface area contributed by atoms with Gasteiger partial charge in [-0.1, -0.05) is 17.7 Å². The summed E-state index contributed by atoms with van der Waals surface area (Å²) in [6, 6.07) is 5.88. The van der Waals surface area contributed by atoms with Crippen LogP contribution in [0.15, 0.2) is 36.4 Å². The zero-order valence-corrected chi connectivity index (χ0v) is 20.8. The summed E-state index contributed by atoms with van der Waals surface area (Å²) < 4.78 is 85.7. The number of rotatable bonds is 4. The number of halogens is 6. The normalized spacial score (nSPS) is 16.3. The van der Waals surface area contributed by atoms with Crippen LogP contribution < -0.4 is 4.90 Å². The largest absolute Gasteiger partial charge is 0.446 e. The highest BCUT2D eigenvalue weighted by Gasteiger charge is 2.38. The molecular weight excluding hydrogens is 502 g/mol. The summed E-state index contributed by atoms with van der Waals surface area (Å²) in [5, 5.41) is 0. The van der Waals surface area contributed by atoms with Gasteiger partial charge in [-0.2, -0.15) is 26.3 Å². The Morgan fingerprint density at radius 3 is 2.14 bits per heavy atom. The van der Waals surface area contributed by atoms with Crippen LogP contribution in [0.1, 0.15) is 67.5 Å². The lowest BCUT2D eigenvalue weighted by Crippen LogP contribution is -2.34. The molecule has 0 aromatic heterocycles. The van der Waals surface area contributed by atoms with Gasteiger partial charge in [0.05, 0.1) is 29.0 Å². The van der Waals surface area contributed by atoms with Crippen LogP contribution in [0.4, 0.5) is 36.8 Å². The maximum atomic E-state index is 13.4. The van der Waals surface area contributed by atoms with Gasteiger partial charge < -0.3 is 9.64 Å². The van der Waals surface area contributed by atoms with Gasteiger partial charge in [-0.25, -0.2) is 4.79 Å². The second-order valence-electron chi connectivity index (χ2n) is 9.37.